The van der Waals surface area contributed by atoms with Gasteiger partial charge in [0, 0.05) is 0 Å². The third-order valence-corrected chi connectivity index (χ3v) is 1.93. The summed E-state index contributed by atoms with van der Waals surface area (Å²) < 4.78 is 9.05. The summed E-state index contributed by atoms with van der Waals surface area (Å²) in [6.45, 7) is 0.341. The van der Waals surface area contributed by atoms with E-state index in [2.05, 4.69) is 4.74 Å². The molecule has 0 amide bonds. The molecule has 0 unspecified atom stereocenters. The van der Waals surface area contributed by atoms with E-state index in [1.54, 1.807) is 12.1 Å². The van der Waals surface area contributed by atoms with Crippen molar-refractivity contribution in [3.05, 3.63) is 29.8 Å². The molecule has 0 aromatic heterocycles. The number of rotatable bonds is 4. The Balaban J connectivity index is 2.20. The number of carbonyl (C=O) groups excluding carboxylic acids is 1. The molecule has 0 spiro atoms. The molecule has 0 radical (unpaired) electrons. The normalized spacial score (nSPS) is 9.67. The minimum Gasteiger partial charge on any atom is -0.508 e. The predicted octanol–water partition coefficient (Wildman–Crippen LogP) is 2.11. The summed E-state index contributed by atoms with van der Waals surface area (Å²) in [4.78, 5) is 10.6. The number of aryl methyl sites for hydroxylation is 1. The van der Waals surface area contributed by atoms with Crippen molar-refractivity contribution in [2.24, 2.45) is 0 Å². The summed E-state index contributed by atoms with van der Waals surface area (Å²) in [7, 11) is 1.28. The van der Waals surface area contributed by atoms with Gasteiger partial charge in [-0.3, -0.25) is 0 Å². The molecule has 0 saturated carbocycles. The molecule has 4 heteroatoms. The average molecular weight is 210 g/mol. The van der Waals surface area contributed by atoms with Gasteiger partial charge in [-0.1, -0.05) is 12.1 Å². The summed E-state index contributed by atoms with van der Waals surface area (Å²) in [5, 5.41) is 9.05. The van der Waals surface area contributed by atoms with Gasteiger partial charge >= 0.3 is 6.16 Å². The maximum atomic E-state index is 10.6. The number of ether oxygens (including phenoxy) is 2. The van der Waals surface area contributed by atoms with Crippen LogP contribution in [-0.2, 0) is 15.9 Å². The van der Waals surface area contributed by atoms with Crippen LogP contribution in [0.3, 0.4) is 0 Å². The fourth-order valence-electron chi connectivity index (χ4n) is 1.15. The molecule has 0 aliphatic rings. The Morgan fingerprint density at radius 3 is 2.60 bits per heavy atom. The van der Waals surface area contributed by atoms with Crippen molar-refractivity contribution in [1.82, 2.24) is 0 Å². The Kier molecular flexibility index (Phi) is 4.47. The number of methoxy groups -OCH3 is 1. The van der Waals surface area contributed by atoms with Gasteiger partial charge in [0.2, 0.25) is 0 Å². The first-order valence-corrected chi connectivity index (χ1v) is 4.71. The van der Waals surface area contributed by atoms with Gasteiger partial charge in [-0.15, -0.1) is 0 Å². The van der Waals surface area contributed by atoms with Crippen LogP contribution in [0, 0.1) is 0 Å². The first kappa shape index (κ1) is 11.4. The van der Waals surface area contributed by atoms with Crippen molar-refractivity contribution in [2.75, 3.05) is 13.7 Å². The lowest BCUT2D eigenvalue weighted by Crippen LogP contribution is -2.06. The second-order valence-corrected chi connectivity index (χ2v) is 3.07. The maximum Gasteiger partial charge on any atom is 0.507 e. The zero-order chi connectivity index (χ0) is 11.1. The summed E-state index contributed by atoms with van der Waals surface area (Å²) in [5.74, 6) is 0.254. The summed E-state index contributed by atoms with van der Waals surface area (Å²) in [6, 6.07) is 6.95. The molecule has 0 aliphatic carbocycles. The van der Waals surface area contributed by atoms with Gasteiger partial charge in [0.1, 0.15) is 5.75 Å². The number of phenolic OH excluding ortho intramolecular Hbond substituents is 1. The van der Waals surface area contributed by atoms with Crippen molar-refractivity contribution in [3.63, 3.8) is 0 Å². The topological polar surface area (TPSA) is 55.8 Å². The van der Waals surface area contributed by atoms with Crippen LogP contribution in [0.5, 0.6) is 5.75 Å². The second kappa shape index (κ2) is 5.90. The highest BCUT2D eigenvalue weighted by atomic mass is 16.7. The van der Waals surface area contributed by atoms with Gasteiger partial charge in [0.15, 0.2) is 0 Å². The van der Waals surface area contributed by atoms with Gasteiger partial charge in [-0.2, -0.15) is 0 Å². The van der Waals surface area contributed by atoms with Crippen LogP contribution in [-0.4, -0.2) is 25.0 Å². The first-order chi connectivity index (χ1) is 7.22. The molecule has 15 heavy (non-hydrogen) atoms. The van der Waals surface area contributed by atoms with Crippen LogP contribution in [0.1, 0.15) is 12.0 Å². The average Bonchev–Trinajstić information content (AvgIpc) is 2.26. The fraction of sp³-hybridized carbons (Fsp3) is 0.364. The van der Waals surface area contributed by atoms with Crippen molar-refractivity contribution in [3.8, 4) is 5.75 Å². The number of phenols is 1. The van der Waals surface area contributed by atoms with Gasteiger partial charge < -0.3 is 14.6 Å². The molecule has 82 valence electrons. The zero-order valence-electron chi connectivity index (χ0n) is 8.60. The van der Waals surface area contributed by atoms with E-state index in [9.17, 15) is 4.79 Å². The summed E-state index contributed by atoms with van der Waals surface area (Å²) >= 11 is 0. The van der Waals surface area contributed by atoms with Crippen molar-refractivity contribution in [2.45, 2.75) is 12.8 Å². The van der Waals surface area contributed by atoms with E-state index in [4.69, 9.17) is 9.84 Å². The van der Waals surface area contributed by atoms with E-state index in [1.165, 1.54) is 7.11 Å². The molecular formula is C11H14O4. The lowest BCUT2D eigenvalue weighted by atomic mass is 10.1. The summed E-state index contributed by atoms with van der Waals surface area (Å²) in [5.41, 5.74) is 1.10. The van der Waals surface area contributed by atoms with Crippen molar-refractivity contribution < 1.29 is 19.4 Å². The third kappa shape index (κ3) is 4.35. The van der Waals surface area contributed by atoms with Crippen LogP contribution >= 0.6 is 0 Å². The Labute approximate surface area is 88.4 Å². The van der Waals surface area contributed by atoms with E-state index in [0.717, 1.165) is 18.4 Å². The van der Waals surface area contributed by atoms with Gasteiger partial charge in [0.25, 0.3) is 0 Å². The molecule has 1 rings (SSSR count). The van der Waals surface area contributed by atoms with Crippen LogP contribution in [0.25, 0.3) is 0 Å². The molecule has 1 N–H and O–H groups in total. The number of benzene rings is 1. The second-order valence-electron chi connectivity index (χ2n) is 3.07. The number of hydrogen-bond acceptors (Lipinski definition) is 4. The quantitative estimate of drug-likeness (QED) is 0.610. The van der Waals surface area contributed by atoms with E-state index in [1.807, 2.05) is 12.1 Å². The molecule has 1 aromatic rings. The molecule has 0 aliphatic heterocycles. The zero-order valence-corrected chi connectivity index (χ0v) is 8.60. The van der Waals surface area contributed by atoms with E-state index >= 15 is 0 Å². The predicted molar refractivity (Wildman–Crippen MR) is 54.8 cm³/mol. The number of aromatic hydroxyl groups is 1. The Hall–Kier alpha value is -1.71. The van der Waals surface area contributed by atoms with Crippen molar-refractivity contribution in [1.29, 1.82) is 0 Å². The summed E-state index contributed by atoms with van der Waals surface area (Å²) in [6.07, 6.45) is 0.887. The lowest BCUT2D eigenvalue weighted by Gasteiger charge is -2.03. The van der Waals surface area contributed by atoms with Gasteiger partial charge in [-0.05, 0) is 30.5 Å². The van der Waals surface area contributed by atoms with Crippen molar-refractivity contribution >= 4 is 6.16 Å². The highest BCUT2D eigenvalue weighted by Crippen LogP contribution is 2.10. The highest BCUT2D eigenvalue weighted by Gasteiger charge is 1.99. The molecule has 0 fully saturated rings. The Morgan fingerprint density at radius 1 is 1.33 bits per heavy atom. The number of carbonyl (C=O) groups is 1. The molecule has 0 saturated heterocycles. The lowest BCUT2D eigenvalue weighted by molar-refractivity contribution is 0.0719. The van der Waals surface area contributed by atoms with Crippen LogP contribution in [0.2, 0.25) is 0 Å². The minimum absolute atomic E-state index is 0.254. The number of hydrogen-bond donors (Lipinski definition) is 1. The maximum absolute atomic E-state index is 10.6. The molecule has 1 aromatic carbocycles. The van der Waals surface area contributed by atoms with Crippen LogP contribution < -0.4 is 0 Å². The fourth-order valence-corrected chi connectivity index (χ4v) is 1.15. The van der Waals surface area contributed by atoms with E-state index in [-0.39, 0.29) is 5.75 Å². The largest absolute Gasteiger partial charge is 0.508 e. The van der Waals surface area contributed by atoms with E-state index < -0.39 is 6.16 Å². The van der Waals surface area contributed by atoms with Crippen LogP contribution in [0.4, 0.5) is 4.79 Å². The standard InChI is InChI=1S/C11H14O4/c1-14-11(13)15-8-2-3-9-4-6-10(12)7-5-9/h4-7,12H,2-3,8H2,1H3. The SMILES string of the molecule is COC(=O)OCCCc1ccc(O)cc1. The van der Waals surface area contributed by atoms with Gasteiger partial charge in [-0.25, -0.2) is 4.79 Å². The molecule has 0 bridgehead atoms. The minimum atomic E-state index is -0.652. The smallest absolute Gasteiger partial charge is 0.507 e. The molecular weight excluding hydrogens is 196 g/mol. The van der Waals surface area contributed by atoms with E-state index in [0.29, 0.717) is 6.61 Å². The molecule has 4 nitrogen and oxygen atoms in total. The molecule has 0 atom stereocenters. The Morgan fingerprint density at radius 2 is 2.00 bits per heavy atom. The third-order valence-electron chi connectivity index (χ3n) is 1.93. The first-order valence-electron chi connectivity index (χ1n) is 4.71. The van der Waals surface area contributed by atoms with Crippen LogP contribution in [0.15, 0.2) is 24.3 Å². The highest BCUT2D eigenvalue weighted by molar-refractivity contribution is 5.59. The Bertz CT molecular complexity index is 305. The molecule has 0 heterocycles. The van der Waals surface area contributed by atoms with Gasteiger partial charge in [0.05, 0.1) is 13.7 Å². The monoisotopic (exact) mass is 210 g/mol.